The van der Waals surface area contributed by atoms with E-state index in [1.54, 1.807) is 6.92 Å². The molecule has 0 aromatic carbocycles. The first-order chi connectivity index (χ1) is 8.40. The van der Waals surface area contributed by atoms with E-state index < -0.39 is 42.4 Å². The molecular weight excluding hydrogens is 242 g/mol. The minimum absolute atomic E-state index is 0.268. The molecule has 2 aliphatic heterocycles. The summed E-state index contributed by atoms with van der Waals surface area (Å²) in [6.45, 7) is 4.20. The fourth-order valence-electron chi connectivity index (χ4n) is 2.27. The minimum atomic E-state index is -0.797. The first-order valence-corrected chi connectivity index (χ1v) is 5.70. The lowest BCUT2D eigenvalue weighted by Gasteiger charge is -2.49. The Morgan fingerprint density at radius 3 is 2.22 bits per heavy atom. The number of carbonyl (C=O) groups excluding carboxylic acids is 3. The third-order valence-corrected chi connectivity index (χ3v) is 3.02. The van der Waals surface area contributed by atoms with Crippen molar-refractivity contribution >= 4 is 17.8 Å². The van der Waals surface area contributed by atoms with Crippen molar-refractivity contribution in [1.29, 1.82) is 0 Å². The summed E-state index contributed by atoms with van der Waals surface area (Å²) >= 11 is 0. The van der Waals surface area contributed by atoms with Gasteiger partial charge in [0.25, 0.3) is 0 Å². The second kappa shape index (κ2) is 4.56. The molecule has 2 heterocycles. The van der Waals surface area contributed by atoms with E-state index in [2.05, 4.69) is 5.32 Å². The molecule has 0 unspecified atom stereocenters. The summed E-state index contributed by atoms with van der Waals surface area (Å²) in [5, 5.41) is 2.56. The number of carbonyl (C=O) groups is 3. The maximum absolute atomic E-state index is 11.5. The van der Waals surface area contributed by atoms with Gasteiger partial charge >= 0.3 is 11.9 Å². The average molecular weight is 257 g/mol. The van der Waals surface area contributed by atoms with Gasteiger partial charge in [-0.15, -0.1) is 0 Å². The maximum Gasteiger partial charge on any atom is 0.303 e. The van der Waals surface area contributed by atoms with Gasteiger partial charge in [-0.1, -0.05) is 0 Å². The Labute approximate surface area is 104 Å². The van der Waals surface area contributed by atoms with Crippen LogP contribution < -0.4 is 5.32 Å². The van der Waals surface area contributed by atoms with Crippen LogP contribution in [0.1, 0.15) is 20.8 Å². The highest BCUT2D eigenvalue weighted by atomic mass is 16.6. The Bertz CT molecular complexity index is 395. The van der Waals surface area contributed by atoms with Gasteiger partial charge in [0.05, 0.1) is 6.10 Å². The second-order valence-electron chi connectivity index (χ2n) is 4.44. The Morgan fingerprint density at radius 1 is 1.17 bits per heavy atom. The van der Waals surface area contributed by atoms with Gasteiger partial charge < -0.3 is 19.5 Å². The first-order valence-electron chi connectivity index (χ1n) is 5.70. The smallest absolute Gasteiger partial charge is 0.303 e. The number of hydrogen-bond acceptors (Lipinski definition) is 6. The topological polar surface area (TPSA) is 90.9 Å². The van der Waals surface area contributed by atoms with Crippen LogP contribution in [0.3, 0.4) is 0 Å². The van der Waals surface area contributed by atoms with Crippen LogP contribution in [0.5, 0.6) is 0 Å². The van der Waals surface area contributed by atoms with Crippen LogP contribution in [-0.2, 0) is 28.6 Å². The lowest BCUT2D eigenvalue weighted by atomic mass is 9.84. The molecule has 18 heavy (non-hydrogen) atoms. The van der Waals surface area contributed by atoms with Crippen LogP contribution in [0.2, 0.25) is 0 Å². The van der Waals surface area contributed by atoms with Gasteiger partial charge in [-0.25, -0.2) is 0 Å². The molecule has 0 saturated carbocycles. The summed E-state index contributed by atoms with van der Waals surface area (Å²) in [6.07, 6.45) is -2.50. The van der Waals surface area contributed by atoms with Gasteiger partial charge in [-0.2, -0.15) is 0 Å². The van der Waals surface area contributed by atoms with Crippen molar-refractivity contribution in [2.75, 3.05) is 0 Å². The predicted molar refractivity (Wildman–Crippen MR) is 57.1 cm³/mol. The molecule has 7 nitrogen and oxygen atoms in total. The molecule has 0 spiro atoms. The van der Waals surface area contributed by atoms with E-state index in [0.29, 0.717) is 0 Å². The van der Waals surface area contributed by atoms with E-state index in [0.717, 1.165) is 0 Å². The van der Waals surface area contributed by atoms with Crippen LogP contribution in [0.4, 0.5) is 0 Å². The molecule has 1 amide bonds. The maximum atomic E-state index is 11.5. The Kier molecular flexibility index (Phi) is 3.25. The molecule has 1 N–H and O–H groups in total. The molecule has 2 fully saturated rings. The van der Waals surface area contributed by atoms with Crippen molar-refractivity contribution in [2.24, 2.45) is 5.92 Å². The number of esters is 2. The average Bonchev–Trinajstić information content (AvgIpc) is 2.21. The van der Waals surface area contributed by atoms with Crippen LogP contribution in [0.15, 0.2) is 0 Å². The number of ether oxygens (including phenoxy) is 3. The van der Waals surface area contributed by atoms with E-state index >= 15 is 0 Å². The van der Waals surface area contributed by atoms with Crippen molar-refractivity contribution in [1.82, 2.24) is 5.32 Å². The van der Waals surface area contributed by atoms with Crippen LogP contribution >= 0.6 is 0 Å². The SMILES string of the molecule is CC(=O)O[C@@H]1[C@@H](OC(C)=O)[C@H](C)O[C@H]2NC(=O)[C@@H]12. The first kappa shape index (κ1) is 12.8. The number of β-lactam (4-membered cyclic amide) rings is 1. The zero-order chi connectivity index (χ0) is 13.4. The molecule has 100 valence electrons. The van der Waals surface area contributed by atoms with Gasteiger partial charge in [0.15, 0.2) is 12.2 Å². The Balaban J connectivity index is 2.19. The zero-order valence-corrected chi connectivity index (χ0v) is 10.3. The lowest BCUT2D eigenvalue weighted by Crippen LogP contribution is -2.72. The quantitative estimate of drug-likeness (QED) is 0.521. The fraction of sp³-hybridized carbons (Fsp3) is 0.727. The predicted octanol–water partition coefficient (Wildman–Crippen LogP) is -0.659. The third-order valence-electron chi connectivity index (χ3n) is 3.02. The number of fused-ring (bicyclic) bond motifs is 1. The molecule has 2 rings (SSSR count). The lowest BCUT2D eigenvalue weighted by molar-refractivity contribution is -0.242. The molecule has 0 aliphatic carbocycles. The highest BCUT2D eigenvalue weighted by molar-refractivity contribution is 5.86. The van der Waals surface area contributed by atoms with Crippen LogP contribution in [-0.4, -0.2) is 42.4 Å². The van der Waals surface area contributed by atoms with Crippen molar-refractivity contribution in [2.45, 2.75) is 45.3 Å². The van der Waals surface area contributed by atoms with E-state index in [1.807, 2.05) is 0 Å². The summed E-state index contributed by atoms with van der Waals surface area (Å²) in [6, 6.07) is 0. The molecule has 5 atom stereocenters. The third kappa shape index (κ3) is 2.17. The van der Waals surface area contributed by atoms with Gasteiger partial charge in [0, 0.05) is 13.8 Å². The highest BCUT2D eigenvalue weighted by Crippen LogP contribution is 2.34. The summed E-state index contributed by atoms with van der Waals surface area (Å²) in [7, 11) is 0. The van der Waals surface area contributed by atoms with Crippen molar-refractivity contribution in [3.63, 3.8) is 0 Å². The Morgan fingerprint density at radius 2 is 1.72 bits per heavy atom. The van der Waals surface area contributed by atoms with Gasteiger partial charge in [-0.3, -0.25) is 14.4 Å². The van der Waals surface area contributed by atoms with E-state index in [1.165, 1.54) is 13.8 Å². The molecule has 0 bridgehead atoms. The normalized spacial score (nSPS) is 37.9. The summed E-state index contributed by atoms with van der Waals surface area (Å²) < 4.78 is 15.7. The van der Waals surface area contributed by atoms with Crippen LogP contribution in [0, 0.1) is 5.92 Å². The van der Waals surface area contributed by atoms with Crippen LogP contribution in [0.25, 0.3) is 0 Å². The largest absolute Gasteiger partial charge is 0.457 e. The summed E-state index contributed by atoms with van der Waals surface area (Å²) in [5.41, 5.74) is 0. The Hall–Kier alpha value is -1.63. The van der Waals surface area contributed by atoms with E-state index in [4.69, 9.17) is 14.2 Å². The van der Waals surface area contributed by atoms with Gasteiger partial charge in [0.1, 0.15) is 12.1 Å². The molecule has 2 aliphatic rings. The van der Waals surface area contributed by atoms with Crippen molar-refractivity contribution in [3.8, 4) is 0 Å². The molecular formula is C11H15NO6. The number of hydrogen-bond donors (Lipinski definition) is 1. The number of amides is 1. The van der Waals surface area contributed by atoms with Crippen molar-refractivity contribution < 1.29 is 28.6 Å². The van der Waals surface area contributed by atoms with Gasteiger partial charge in [0.2, 0.25) is 5.91 Å². The van der Waals surface area contributed by atoms with Crippen molar-refractivity contribution in [3.05, 3.63) is 0 Å². The zero-order valence-electron chi connectivity index (χ0n) is 10.3. The summed E-state index contributed by atoms with van der Waals surface area (Å²) in [4.78, 5) is 33.6. The van der Waals surface area contributed by atoms with E-state index in [9.17, 15) is 14.4 Å². The van der Waals surface area contributed by atoms with Gasteiger partial charge in [-0.05, 0) is 6.92 Å². The fourth-order valence-corrected chi connectivity index (χ4v) is 2.27. The molecule has 0 aromatic heterocycles. The second-order valence-corrected chi connectivity index (χ2v) is 4.44. The molecule has 0 aromatic rings. The molecule has 2 saturated heterocycles. The molecule has 0 radical (unpaired) electrons. The summed E-state index contributed by atoms with van der Waals surface area (Å²) in [5.74, 6) is -1.92. The minimum Gasteiger partial charge on any atom is -0.457 e. The highest BCUT2D eigenvalue weighted by Gasteiger charge is 2.57. The monoisotopic (exact) mass is 257 g/mol. The molecule has 7 heteroatoms. The number of nitrogens with one attached hydrogen (secondary N) is 1. The number of rotatable bonds is 2. The van der Waals surface area contributed by atoms with E-state index in [-0.39, 0.29) is 5.91 Å². The standard InChI is InChI=1S/C11H15NO6/c1-4-8(17-5(2)13)9(18-6(3)14)7-10(15)12-11(7)16-4/h4,7-9,11H,1-3H3,(H,12,15)/t4-,7+,8-,9-,11+/m0/s1.